The van der Waals surface area contributed by atoms with Crippen LogP contribution in [0.15, 0.2) is 24.3 Å². The molecule has 0 fully saturated rings. The van der Waals surface area contributed by atoms with Crippen LogP contribution in [0.25, 0.3) is 0 Å². The molecular weight excluding hydrogens is 238 g/mol. The zero-order valence-corrected chi connectivity index (χ0v) is 12.7. The fraction of sp³-hybridized carbons (Fsp3) is 0.625. The van der Waals surface area contributed by atoms with Crippen LogP contribution in [0.1, 0.15) is 32.8 Å². The highest BCUT2D eigenvalue weighted by Gasteiger charge is 2.12. The lowest BCUT2D eigenvalue weighted by atomic mass is 9.87. The van der Waals surface area contributed by atoms with E-state index in [9.17, 15) is 0 Å². The Morgan fingerprint density at radius 1 is 1.00 bits per heavy atom. The van der Waals surface area contributed by atoms with Crippen LogP contribution in [-0.4, -0.2) is 33.4 Å². The van der Waals surface area contributed by atoms with Gasteiger partial charge in [0.15, 0.2) is 0 Å². The van der Waals surface area contributed by atoms with Crippen LogP contribution in [0.4, 0.5) is 0 Å². The average Bonchev–Trinajstić information content (AvgIpc) is 2.37. The van der Waals surface area contributed by atoms with E-state index >= 15 is 0 Å². The zero-order valence-electron chi connectivity index (χ0n) is 12.7. The Kier molecular flexibility index (Phi) is 6.89. The van der Waals surface area contributed by atoms with E-state index in [4.69, 9.17) is 9.47 Å². The molecule has 0 bridgehead atoms. The van der Waals surface area contributed by atoms with Gasteiger partial charge in [-0.25, -0.2) is 0 Å². The summed E-state index contributed by atoms with van der Waals surface area (Å²) in [6, 6.07) is 8.36. The summed E-state index contributed by atoms with van der Waals surface area (Å²) in [6.07, 6.45) is 0.921. The van der Waals surface area contributed by atoms with Crippen molar-refractivity contribution in [3.05, 3.63) is 29.8 Å². The van der Waals surface area contributed by atoms with Crippen molar-refractivity contribution in [2.75, 3.05) is 33.4 Å². The van der Waals surface area contributed by atoms with Crippen LogP contribution in [0, 0.1) is 0 Å². The maximum absolute atomic E-state index is 5.68. The van der Waals surface area contributed by atoms with Gasteiger partial charge < -0.3 is 14.8 Å². The molecule has 0 aromatic heterocycles. The van der Waals surface area contributed by atoms with Crippen molar-refractivity contribution >= 4 is 0 Å². The third-order valence-electron chi connectivity index (χ3n) is 2.92. The number of hydrogen-bond acceptors (Lipinski definition) is 3. The van der Waals surface area contributed by atoms with Crippen molar-refractivity contribution in [3.63, 3.8) is 0 Å². The van der Waals surface area contributed by atoms with Gasteiger partial charge in [-0.05, 0) is 30.2 Å². The summed E-state index contributed by atoms with van der Waals surface area (Å²) in [4.78, 5) is 0. The number of rotatable bonds is 8. The summed E-state index contributed by atoms with van der Waals surface area (Å²) >= 11 is 0. The second-order valence-electron chi connectivity index (χ2n) is 5.69. The van der Waals surface area contributed by atoms with Crippen molar-refractivity contribution in [1.29, 1.82) is 0 Å². The van der Waals surface area contributed by atoms with Crippen molar-refractivity contribution in [2.45, 2.75) is 32.6 Å². The highest BCUT2D eigenvalue weighted by molar-refractivity contribution is 5.31. The van der Waals surface area contributed by atoms with Gasteiger partial charge in [0.05, 0.1) is 13.2 Å². The molecule has 0 atom stereocenters. The second kappa shape index (κ2) is 8.18. The van der Waals surface area contributed by atoms with Crippen LogP contribution >= 0.6 is 0 Å². The molecule has 0 spiro atoms. The van der Waals surface area contributed by atoms with E-state index in [0.29, 0.717) is 6.61 Å². The average molecular weight is 265 g/mol. The molecule has 3 heteroatoms. The van der Waals surface area contributed by atoms with Crippen molar-refractivity contribution in [1.82, 2.24) is 5.32 Å². The highest BCUT2D eigenvalue weighted by Crippen LogP contribution is 2.24. The molecule has 1 N–H and O–H groups in total. The van der Waals surface area contributed by atoms with E-state index in [-0.39, 0.29) is 5.41 Å². The molecule has 1 rings (SSSR count). The van der Waals surface area contributed by atoms with Gasteiger partial charge in [-0.1, -0.05) is 32.9 Å². The monoisotopic (exact) mass is 265 g/mol. The summed E-state index contributed by atoms with van der Waals surface area (Å²) in [6.45, 7) is 9.75. The van der Waals surface area contributed by atoms with E-state index in [1.165, 1.54) is 5.56 Å². The van der Waals surface area contributed by atoms with Crippen LogP contribution in [-0.2, 0) is 10.2 Å². The molecule has 0 amide bonds. The van der Waals surface area contributed by atoms with Crippen LogP contribution in [0.2, 0.25) is 0 Å². The Morgan fingerprint density at radius 2 is 1.68 bits per heavy atom. The smallest absolute Gasteiger partial charge is 0.119 e. The normalized spacial score (nSPS) is 11.6. The lowest BCUT2D eigenvalue weighted by Crippen LogP contribution is -2.15. The summed E-state index contributed by atoms with van der Waals surface area (Å²) in [5.74, 6) is 0.934. The molecule has 0 saturated carbocycles. The molecule has 3 nitrogen and oxygen atoms in total. The molecule has 0 radical (unpaired) electrons. The van der Waals surface area contributed by atoms with Crippen molar-refractivity contribution < 1.29 is 9.47 Å². The second-order valence-corrected chi connectivity index (χ2v) is 5.69. The summed E-state index contributed by atoms with van der Waals surface area (Å²) < 4.78 is 11.1. The highest BCUT2D eigenvalue weighted by atomic mass is 16.5. The first kappa shape index (κ1) is 16.0. The zero-order chi connectivity index (χ0) is 14.1. The van der Waals surface area contributed by atoms with Crippen molar-refractivity contribution in [3.8, 4) is 5.75 Å². The van der Waals surface area contributed by atoms with E-state index < -0.39 is 0 Å². The lowest BCUT2D eigenvalue weighted by Gasteiger charge is -2.19. The van der Waals surface area contributed by atoms with Crippen LogP contribution in [0.5, 0.6) is 5.75 Å². The van der Waals surface area contributed by atoms with Gasteiger partial charge in [-0.15, -0.1) is 0 Å². The number of hydrogen-bond donors (Lipinski definition) is 1. The molecular formula is C16H27NO2. The standard InChI is InChI=1S/C16H27NO2/c1-16(2,3)14-6-8-15(9-7-14)19-12-5-11-18-13-10-17-4/h6-9,17H,5,10-13H2,1-4H3. The molecule has 0 heterocycles. The Balaban J connectivity index is 2.20. The first-order chi connectivity index (χ1) is 9.04. The molecule has 1 aromatic carbocycles. The molecule has 19 heavy (non-hydrogen) atoms. The summed E-state index contributed by atoms with van der Waals surface area (Å²) in [7, 11) is 1.92. The Labute approximate surface area is 117 Å². The maximum Gasteiger partial charge on any atom is 0.119 e. The van der Waals surface area contributed by atoms with Gasteiger partial charge in [-0.2, -0.15) is 0 Å². The number of likely N-dealkylation sites (N-methyl/N-ethyl adjacent to an activating group) is 1. The van der Waals surface area contributed by atoms with Gasteiger partial charge in [0.1, 0.15) is 5.75 Å². The molecule has 0 unspecified atom stereocenters. The predicted octanol–water partition coefficient (Wildman–Crippen LogP) is 2.99. The topological polar surface area (TPSA) is 30.5 Å². The van der Waals surface area contributed by atoms with E-state index in [1.807, 2.05) is 19.2 Å². The quantitative estimate of drug-likeness (QED) is 0.733. The molecule has 1 aromatic rings. The maximum atomic E-state index is 5.68. The predicted molar refractivity (Wildman–Crippen MR) is 80.0 cm³/mol. The third kappa shape index (κ3) is 6.60. The number of nitrogens with one attached hydrogen (secondary N) is 1. The van der Waals surface area contributed by atoms with Crippen LogP contribution in [0.3, 0.4) is 0 Å². The fourth-order valence-electron chi connectivity index (χ4n) is 1.68. The number of benzene rings is 1. The van der Waals surface area contributed by atoms with E-state index in [1.54, 1.807) is 0 Å². The Morgan fingerprint density at radius 3 is 2.26 bits per heavy atom. The lowest BCUT2D eigenvalue weighted by molar-refractivity contribution is 0.122. The molecule has 0 aliphatic rings. The minimum atomic E-state index is 0.194. The third-order valence-corrected chi connectivity index (χ3v) is 2.92. The number of ether oxygens (including phenoxy) is 2. The SMILES string of the molecule is CNCCOCCCOc1ccc(C(C)(C)C)cc1. The molecule has 0 aliphatic heterocycles. The largest absolute Gasteiger partial charge is 0.494 e. The molecule has 108 valence electrons. The van der Waals surface area contributed by atoms with Crippen molar-refractivity contribution in [2.24, 2.45) is 0 Å². The minimum absolute atomic E-state index is 0.194. The van der Waals surface area contributed by atoms with Gasteiger partial charge in [0, 0.05) is 19.6 Å². The molecule has 0 saturated heterocycles. The summed E-state index contributed by atoms with van der Waals surface area (Å²) in [5.41, 5.74) is 1.52. The van der Waals surface area contributed by atoms with Crippen LogP contribution < -0.4 is 10.1 Å². The Hall–Kier alpha value is -1.06. The first-order valence-electron chi connectivity index (χ1n) is 7.00. The van der Waals surface area contributed by atoms with Gasteiger partial charge in [0.25, 0.3) is 0 Å². The first-order valence-corrected chi connectivity index (χ1v) is 7.00. The fourth-order valence-corrected chi connectivity index (χ4v) is 1.68. The molecule has 0 aliphatic carbocycles. The van der Waals surface area contributed by atoms with Gasteiger partial charge >= 0.3 is 0 Å². The Bertz CT molecular complexity index is 341. The van der Waals surface area contributed by atoms with E-state index in [2.05, 4.69) is 38.2 Å². The minimum Gasteiger partial charge on any atom is -0.494 e. The summed E-state index contributed by atoms with van der Waals surface area (Å²) in [5, 5.41) is 3.05. The van der Waals surface area contributed by atoms with Gasteiger partial charge in [-0.3, -0.25) is 0 Å². The van der Waals surface area contributed by atoms with E-state index in [0.717, 1.165) is 31.9 Å². The van der Waals surface area contributed by atoms with Gasteiger partial charge in [0.2, 0.25) is 0 Å².